The van der Waals surface area contributed by atoms with E-state index in [2.05, 4.69) is 29.4 Å². The molecular formula is C15H29N3O2. The molecule has 2 N–H and O–H groups in total. The molecule has 2 saturated heterocycles. The molecule has 5 nitrogen and oxygen atoms in total. The molecule has 0 radical (unpaired) electrons. The Hall–Kier alpha value is -0.650. The van der Waals surface area contributed by atoms with Crippen molar-refractivity contribution in [2.45, 2.75) is 51.3 Å². The molecule has 2 fully saturated rings. The van der Waals surface area contributed by atoms with Gasteiger partial charge in [-0.05, 0) is 38.3 Å². The third kappa shape index (κ3) is 3.93. The number of hydrogen-bond acceptors (Lipinski definition) is 4. The fourth-order valence-electron chi connectivity index (χ4n) is 3.27. The molecule has 0 spiro atoms. The molecule has 1 amide bonds. The predicted molar refractivity (Wildman–Crippen MR) is 79.6 cm³/mol. The first-order valence-corrected chi connectivity index (χ1v) is 7.89. The third-order valence-electron chi connectivity index (χ3n) is 4.60. The van der Waals surface area contributed by atoms with Crippen LogP contribution in [0.25, 0.3) is 0 Å². The first-order chi connectivity index (χ1) is 9.61. The molecule has 2 aliphatic heterocycles. The van der Waals surface area contributed by atoms with Gasteiger partial charge in [-0.3, -0.25) is 9.69 Å². The van der Waals surface area contributed by atoms with E-state index in [1.807, 2.05) is 0 Å². The predicted octanol–water partition coefficient (Wildman–Crippen LogP) is 0.600. The van der Waals surface area contributed by atoms with Gasteiger partial charge in [0.15, 0.2) is 0 Å². The summed E-state index contributed by atoms with van der Waals surface area (Å²) in [5.74, 6) is 0.686. The molecule has 0 aromatic heterocycles. The van der Waals surface area contributed by atoms with Crippen molar-refractivity contribution in [3.8, 4) is 0 Å². The Kier molecular flexibility index (Phi) is 5.81. The summed E-state index contributed by atoms with van der Waals surface area (Å²) in [7, 11) is 1.70. The monoisotopic (exact) mass is 283 g/mol. The van der Waals surface area contributed by atoms with E-state index in [0.717, 1.165) is 19.5 Å². The average molecular weight is 283 g/mol. The van der Waals surface area contributed by atoms with Gasteiger partial charge >= 0.3 is 0 Å². The Labute approximate surface area is 122 Å². The van der Waals surface area contributed by atoms with E-state index in [-0.39, 0.29) is 18.1 Å². The number of rotatable bonds is 6. The van der Waals surface area contributed by atoms with Gasteiger partial charge in [-0.15, -0.1) is 0 Å². The molecule has 2 heterocycles. The summed E-state index contributed by atoms with van der Waals surface area (Å²) in [6.07, 6.45) is 3.52. The summed E-state index contributed by atoms with van der Waals surface area (Å²) in [5, 5.41) is 6.36. The second kappa shape index (κ2) is 7.38. The molecule has 20 heavy (non-hydrogen) atoms. The molecule has 2 aliphatic rings. The van der Waals surface area contributed by atoms with Gasteiger partial charge in [-0.25, -0.2) is 0 Å². The van der Waals surface area contributed by atoms with Crippen LogP contribution in [0.5, 0.6) is 0 Å². The molecule has 0 aromatic rings. The van der Waals surface area contributed by atoms with Crippen LogP contribution in [-0.4, -0.2) is 62.3 Å². The van der Waals surface area contributed by atoms with Gasteiger partial charge in [0, 0.05) is 26.2 Å². The lowest BCUT2D eigenvalue weighted by Gasteiger charge is -2.31. The quantitative estimate of drug-likeness (QED) is 0.749. The lowest BCUT2D eigenvalue weighted by molar-refractivity contribution is -0.123. The minimum atomic E-state index is -0.0914. The molecule has 5 heteroatoms. The van der Waals surface area contributed by atoms with Gasteiger partial charge in [-0.1, -0.05) is 13.8 Å². The summed E-state index contributed by atoms with van der Waals surface area (Å²) in [6.45, 7) is 8.35. The Morgan fingerprint density at radius 2 is 2.10 bits per heavy atom. The molecule has 0 aliphatic carbocycles. The Morgan fingerprint density at radius 3 is 2.65 bits per heavy atom. The van der Waals surface area contributed by atoms with E-state index < -0.39 is 0 Å². The highest BCUT2D eigenvalue weighted by Gasteiger charge is 2.30. The fraction of sp³-hybridized carbons (Fsp3) is 0.933. The topological polar surface area (TPSA) is 53.6 Å². The van der Waals surface area contributed by atoms with Gasteiger partial charge < -0.3 is 15.4 Å². The largest absolute Gasteiger partial charge is 0.380 e. The van der Waals surface area contributed by atoms with Crippen LogP contribution in [-0.2, 0) is 9.53 Å². The zero-order valence-electron chi connectivity index (χ0n) is 13.0. The average Bonchev–Trinajstić information content (AvgIpc) is 3.09. The van der Waals surface area contributed by atoms with E-state index in [4.69, 9.17) is 4.74 Å². The molecule has 0 aromatic carbocycles. The molecule has 0 bridgehead atoms. The number of ether oxygens (including phenoxy) is 1. The van der Waals surface area contributed by atoms with Crippen molar-refractivity contribution in [1.82, 2.24) is 15.5 Å². The van der Waals surface area contributed by atoms with E-state index in [1.165, 1.54) is 25.9 Å². The van der Waals surface area contributed by atoms with Gasteiger partial charge in [0.2, 0.25) is 5.91 Å². The first-order valence-electron chi connectivity index (χ1n) is 7.89. The maximum absolute atomic E-state index is 12.2. The van der Waals surface area contributed by atoms with Crippen molar-refractivity contribution in [3.05, 3.63) is 0 Å². The number of carbonyl (C=O) groups is 1. The van der Waals surface area contributed by atoms with Crippen molar-refractivity contribution >= 4 is 5.91 Å². The Balaban J connectivity index is 1.78. The van der Waals surface area contributed by atoms with Gasteiger partial charge in [0.25, 0.3) is 0 Å². The summed E-state index contributed by atoms with van der Waals surface area (Å²) in [4.78, 5) is 14.7. The Morgan fingerprint density at radius 1 is 1.40 bits per heavy atom. The standard InChI is InChI=1S/C15H29N3O2/c1-11(2)14(18-6-4-5-7-18)10-17-15(19)13-8-12(20-3)9-16-13/h11-14,16H,4-10H2,1-3H3,(H,17,19). The Bertz CT molecular complexity index is 316. The highest BCUT2D eigenvalue weighted by molar-refractivity contribution is 5.82. The van der Waals surface area contributed by atoms with E-state index in [1.54, 1.807) is 7.11 Å². The molecule has 2 rings (SSSR count). The van der Waals surface area contributed by atoms with Crippen molar-refractivity contribution in [3.63, 3.8) is 0 Å². The van der Waals surface area contributed by atoms with Gasteiger partial charge in [0.05, 0.1) is 12.1 Å². The van der Waals surface area contributed by atoms with E-state index in [0.29, 0.717) is 12.0 Å². The summed E-state index contributed by atoms with van der Waals surface area (Å²) in [5.41, 5.74) is 0. The van der Waals surface area contributed by atoms with Crippen LogP contribution >= 0.6 is 0 Å². The summed E-state index contributed by atoms with van der Waals surface area (Å²) in [6, 6.07) is 0.368. The zero-order chi connectivity index (χ0) is 14.5. The maximum Gasteiger partial charge on any atom is 0.237 e. The maximum atomic E-state index is 12.2. The molecule has 116 valence electrons. The summed E-state index contributed by atoms with van der Waals surface area (Å²) < 4.78 is 5.29. The minimum Gasteiger partial charge on any atom is -0.380 e. The zero-order valence-corrected chi connectivity index (χ0v) is 13.0. The number of likely N-dealkylation sites (tertiary alicyclic amines) is 1. The molecule has 0 saturated carbocycles. The lowest BCUT2D eigenvalue weighted by Crippen LogP contribution is -2.49. The highest BCUT2D eigenvalue weighted by atomic mass is 16.5. The number of hydrogen-bond donors (Lipinski definition) is 2. The third-order valence-corrected chi connectivity index (χ3v) is 4.60. The van der Waals surface area contributed by atoms with Crippen LogP contribution in [0.3, 0.4) is 0 Å². The summed E-state index contributed by atoms with van der Waals surface area (Å²) >= 11 is 0. The minimum absolute atomic E-state index is 0.0914. The number of nitrogens with one attached hydrogen (secondary N) is 2. The molecule has 3 unspecified atom stereocenters. The van der Waals surface area contributed by atoms with Crippen LogP contribution in [0, 0.1) is 5.92 Å². The molecular weight excluding hydrogens is 254 g/mol. The van der Waals surface area contributed by atoms with Crippen LogP contribution < -0.4 is 10.6 Å². The van der Waals surface area contributed by atoms with Crippen molar-refractivity contribution in [1.29, 1.82) is 0 Å². The van der Waals surface area contributed by atoms with Crippen molar-refractivity contribution in [2.24, 2.45) is 5.92 Å². The van der Waals surface area contributed by atoms with Crippen LogP contribution in [0.2, 0.25) is 0 Å². The normalized spacial score (nSPS) is 29.0. The highest BCUT2D eigenvalue weighted by Crippen LogP contribution is 2.17. The number of amides is 1. The van der Waals surface area contributed by atoms with E-state index >= 15 is 0 Å². The van der Waals surface area contributed by atoms with Crippen LogP contribution in [0.15, 0.2) is 0 Å². The van der Waals surface area contributed by atoms with Gasteiger partial charge in [0.1, 0.15) is 0 Å². The van der Waals surface area contributed by atoms with Crippen LogP contribution in [0.4, 0.5) is 0 Å². The number of methoxy groups -OCH3 is 1. The SMILES string of the molecule is COC1CNC(C(=O)NCC(C(C)C)N2CCCC2)C1. The molecule has 3 atom stereocenters. The van der Waals surface area contributed by atoms with Crippen molar-refractivity contribution < 1.29 is 9.53 Å². The number of nitrogens with zero attached hydrogens (tertiary/aromatic N) is 1. The van der Waals surface area contributed by atoms with E-state index in [9.17, 15) is 4.79 Å². The number of carbonyl (C=O) groups excluding carboxylic acids is 1. The lowest BCUT2D eigenvalue weighted by atomic mass is 10.0. The van der Waals surface area contributed by atoms with Gasteiger partial charge in [-0.2, -0.15) is 0 Å². The smallest absolute Gasteiger partial charge is 0.237 e. The van der Waals surface area contributed by atoms with Crippen LogP contribution in [0.1, 0.15) is 33.1 Å². The second-order valence-electron chi connectivity index (χ2n) is 6.35. The fourth-order valence-corrected chi connectivity index (χ4v) is 3.27. The van der Waals surface area contributed by atoms with Crippen molar-refractivity contribution in [2.75, 3.05) is 33.3 Å². The second-order valence-corrected chi connectivity index (χ2v) is 6.35. The first kappa shape index (κ1) is 15.7.